The van der Waals surface area contributed by atoms with E-state index in [0.29, 0.717) is 0 Å². The van der Waals surface area contributed by atoms with Crippen LogP contribution in [0.3, 0.4) is 0 Å². The summed E-state index contributed by atoms with van der Waals surface area (Å²) < 4.78 is 0. The van der Waals surface area contributed by atoms with Gasteiger partial charge in [-0.1, -0.05) is 121 Å². The van der Waals surface area contributed by atoms with Gasteiger partial charge in [-0.15, -0.1) is 0 Å². The van der Waals surface area contributed by atoms with Crippen LogP contribution in [0.15, 0.2) is 24.3 Å². The molecule has 3 rings (SSSR count). The van der Waals surface area contributed by atoms with Gasteiger partial charge in [0.2, 0.25) is 0 Å². The molecule has 0 N–H and O–H groups in total. The van der Waals surface area contributed by atoms with Crippen LogP contribution in [0.1, 0.15) is 146 Å². The van der Waals surface area contributed by atoms with Crippen LogP contribution < -0.4 is 0 Å². The van der Waals surface area contributed by atoms with Gasteiger partial charge in [0.1, 0.15) is 0 Å². The van der Waals surface area contributed by atoms with E-state index in [2.05, 4.69) is 31.2 Å². The first-order valence-corrected chi connectivity index (χ1v) is 13.8. The Kier molecular flexibility index (Phi) is 11.4. The third kappa shape index (κ3) is 8.05. The van der Waals surface area contributed by atoms with Gasteiger partial charge in [-0.2, -0.15) is 0 Å². The van der Waals surface area contributed by atoms with Crippen molar-refractivity contribution in [3.63, 3.8) is 0 Å². The van der Waals surface area contributed by atoms with E-state index in [4.69, 9.17) is 0 Å². The summed E-state index contributed by atoms with van der Waals surface area (Å²) in [5, 5.41) is 0. The van der Waals surface area contributed by atoms with Gasteiger partial charge in [0.25, 0.3) is 0 Å². The molecule has 1 aromatic carbocycles. The molecule has 1 aromatic rings. The summed E-state index contributed by atoms with van der Waals surface area (Å²) in [4.78, 5) is 0. The molecule has 2 fully saturated rings. The van der Waals surface area contributed by atoms with Crippen molar-refractivity contribution in [1.82, 2.24) is 0 Å². The van der Waals surface area contributed by atoms with Crippen molar-refractivity contribution in [2.45, 2.75) is 141 Å². The fourth-order valence-electron chi connectivity index (χ4n) is 6.11. The van der Waals surface area contributed by atoms with Crippen molar-refractivity contribution >= 4 is 0 Å². The van der Waals surface area contributed by atoms with Gasteiger partial charge >= 0.3 is 0 Å². The average Bonchev–Trinajstić information content (AvgIpc) is 2.76. The Hall–Kier alpha value is -0.780. The lowest BCUT2D eigenvalue weighted by Gasteiger charge is -2.36. The van der Waals surface area contributed by atoms with Crippen molar-refractivity contribution < 1.29 is 0 Å². The Morgan fingerprint density at radius 2 is 1.23 bits per heavy atom. The van der Waals surface area contributed by atoms with Crippen LogP contribution in [0.2, 0.25) is 0 Å². The first kappa shape index (κ1) is 23.9. The molecule has 30 heavy (non-hydrogen) atoms. The molecule has 0 bridgehead atoms. The molecule has 1 atom stereocenters. The van der Waals surface area contributed by atoms with Crippen LogP contribution >= 0.6 is 0 Å². The number of benzene rings is 1. The molecule has 169 valence electrons. The van der Waals surface area contributed by atoms with E-state index < -0.39 is 0 Å². The molecule has 0 nitrogen and oxygen atoms in total. The minimum Gasteiger partial charge on any atom is -0.0654 e. The Labute approximate surface area is 188 Å². The molecule has 2 aliphatic carbocycles. The maximum atomic E-state index is 2.52. The average molecular weight is 410 g/mol. The second kappa shape index (κ2) is 14.3. The fraction of sp³-hybridized carbons (Fsp3) is 0.767. The zero-order valence-electron chi connectivity index (χ0n) is 20.1. The molecule has 0 spiro atoms. The van der Waals surface area contributed by atoms with Crippen LogP contribution in [0.25, 0.3) is 0 Å². The minimum atomic E-state index is 0.743. The Balaban J connectivity index is 1.67. The fourth-order valence-corrected chi connectivity index (χ4v) is 6.11. The van der Waals surface area contributed by atoms with Crippen LogP contribution in [-0.4, -0.2) is 0 Å². The lowest BCUT2D eigenvalue weighted by molar-refractivity contribution is 0.334. The third-order valence-corrected chi connectivity index (χ3v) is 7.99. The first-order valence-electron chi connectivity index (χ1n) is 13.8. The largest absolute Gasteiger partial charge is 0.0654 e. The quantitative estimate of drug-likeness (QED) is 0.393. The highest BCUT2D eigenvalue weighted by Gasteiger charge is 2.31. The molecule has 0 saturated heterocycles. The van der Waals surface area contributed by atoms with Crippen LogP contribution in [0.4, 0.5) is 0 Å². The Morgan fingerprint density at radius 1 is 0.633 bits per heavy atom. The summed E-state index contributed by atoms with van der Waals surface area (Å²) >= 11 is 0. The molecule has 1 unspecified atom stereocenters. The van der Waals surface area contributed by atoms with Crippen molar-refractivity contribution in [1.29, 1.82) is 0 Å². The van der Waals surface area contributed by atoms with Crippen molar-refractivity contribution in [3.8, 4) is 0 Å². The second-order valence-electron chi connectivity index (χ2n) is 10.4. The zero-order valence-corrected chi connectivity index (χ0v) is 20.1. The second-order valence-corrected chi connectivity index (χ2v) is 10.4. The Bertz CT molecular complexity index is 532. The predicted molar refractivity (Wildman–Crippen MR) is 133 cm³/mol. The van der Waals surface area contributed by atoms with Crippen LogP contribution in [0.5, 0.6) is 0 Å². The lowest BCUT2D eigenvalue weighted by Crippen LogP contribution is -2.22. The summed E-state index contributed by atoms with van der Waals surface area (Å²) in [7, 11) is 0. The van der Waals surface area contributed by atoms with E-state index in [0.717, 1.165) is 11.8 Å². The maximum Gasteiger partial charge on any atom is -0.00970 e. The van der Waals surface area contributed by atoms with E-state index >= 15 is 0 Å². The summed E-state index contributed by atoms with van der Waals surface area (Å²) in [6.07, 6.45) is 28.6. The van der Waals surface area contributed by atoms with Crippen molar-refractivity contribution in [2.75, 3.05) is 0 Å². The van der Waals surface area contributed by atoms with Gasteiger partial charge in [-0.25, -0.2) is 0 Å². The summed E-state index contributed by atoms with van der Waals surface area (Å²) in [5.41, 5.74) is 3.20. The molecule has 2 saturated carbocycles. The zero-order chi connectivity index (χ0) is 20.9. The predicted octanol–water partition coefficient (Wildman–Crippen LogP) is 9.96. The molecule has 0 aromatic heterocycles. The van der Waals surface area contributed by atoms with Crippen LogP contribution in [0, 0.1) is 11.8 Å². The number of unbranched alkanes of at least 4 members (excludes halogenated alkanes) is 3. The van der Waals surface area contributed by atoms with Crippen molar-refractivity contribution in [2.24, 2.45) is 5.92 Å². The van der Waals surface area contributed by atoms with Gasteiger partial charge in [0.15, 0.2) is 0 Å². The first-order chi connectivity index (χ1) is 14.9. The number of hydrogen-bond donors (Lipinski definition) is 0. The lowest BCUT2D eigenvalue weighted by atomic mass is 9.68. The molecular formula is C30H49. The highest BCUT2D eigenvalue weighted by Crippen LogP contribution is 2.45. The van der Waals surface area contributed by atoms with Gasteiger partial charge < -0.3 is 0 Å². The number of hydrogen-bond acceptors (Lipinski definition) is 0. The number of aryl methyl sites for hydroxylation is 1. The highest BCUT2D eigenvalue weighted by atomic mass is 14.4. The van der Waals surface area contributed by atoms with E-state index in [9.17, 15) is 0 Å². The molecule has 1 radical (unpaired) electrons. The molecule has 0 heterocycles. The molecule has 2 aliphatic rings. The summed E-state index contributed by atoms with van der Waals surface area (Å²) in [6.45, 7) is 2.30. The maximum absolute atomic E-state index is 2.52. The molecule has 0 heteroatoms. The molecule has 0 aliphatic heterocycles. The van der Waals surface area contributed by atoms with E-state index in [1.54, 1.807) is 11.1 Å². The van der Waals surface area contributed by atoms with E-state index in [1.165, 1.54) is 128 Å². The monoisotopic (exact) mass is 409 g/mol. The number of rotatable bonds is 7. The normalized spacial score (nSPS) is 23.6. The smallest absolute Gasteiger partial charge is 0.00970 e. The van der Waals surface area contributed by atoms with Crippen molar-refractivity contribution in [3.05, 3.63) is 41.3 Å². The summed E-state index contributed by atoms with van der Waals surface area (Å²) in [6, 6.07) is 9.96. The van der Waals surface area contributed by atoms with E-state index in [1.807, 2.05) is 5.92 Å². The highest BCUT2D eigenvalue weighted by molar-refractivity contribution is 5.30. The standard InChI is InChI=1S/C30H49/c1-2-3-4-12-17-26-22-24-28(25-23-26)30-21-16-11-10-15-20-29(30)27-18-13-8-6-5-7-9-14-19-27/h22-25,27,30H,2-21H2,1H3. The molecule has 0 amide bonds. The SMILES string of the molecule is CCCCCCc1ccc(C2CCCCCC[C]2C2CCCCCCCCC2)cc1. The van der Waals surface area contributed by atoms with Gasteiger partial charge in [0, 0.05) is 0 Å². The molecular weight excluding hydrogens is 360 g/mol. The topological polar surface area (TPSA) is 0 Å². The van der Waals surface area contributed by atoms with E-state index in [-0.39, 0.29) is 0 Å². The van der Waals surface area contributed by atoms with Gasteiger partial charge in [-0.3, -0.25) is 0 Å². The Morgan fingerprint density at radius 3 is 1.90 bits per heavy atom. The third-order valence-electron chi connectivity index (χ3n) is 7.99. The summed E-state index contributed by atoms with van der Waals surface area (Å²) in [5.74, 6) is 3.61. The minimum absolute atomic E-state index is 0.743. The van der Waals surface area contributed by atoms with Gasteiger partial charge in [0.05, 0.1) is 0 Å². The van der Waals surface area contributed by atoms with Crippen LogP contribution in [-0.2, 0) is 6.42 Å². The van der Waals surface area contributed by atoms with Gasteiger partial charge in [-0.05, 0) is 67.4 Å².